The van der Waals surface area contributed by atoms with Crippen LogP contribution in [-0.2, 0) is 19.8 Å². The molecule has 4 aromatic rings. The minimum absolute atomic E-state index is 0.137. The van der Waals surface area contributed by atoms with Crippen molar-refractivity contribution in [3.05, 3.63) is 47.7 Å². The second-order valence-corrected chi connectivity index (χ2v) is 7.80. The first kappa shape index (κ1) is 17.9. The van der Waals surface area contributed by atoms with Crippen LogP contribution in [0.3, 0.4) is 0 Å². The zero-order valence-electron chi connectivity index (χ0n) is 15.1. The van der Waals surface area contributed by atoms with E-state index in [4.69, 9.17) is 4.98 Å². The lowest BCUT2D eigenvalue weighted by Crippen LogP contribution is -2.24. The molecule has 0 saturated carbocycles. The predicted molar refractivity (Wildman–Crippen MR) is 103 cm³/mol. The average molecular weight is 417 g/mol. The molecule has 6 nitrogen and oxygen atoms in total. The van der Waals surface area contributed by atoms with E-state index in [9.17, 15) is 18.0 Å². The minimum atomic E-state index is -4.49. The third-order valence-electron chi connectivity index (χ3n) is 4.88. The summed E-state index contributed by atoms with van der Waals surface area (Å²) >= 11 is 1.34. The highest BCUT2D eigenvalue weighted by Crippen LogP contribution is 2.38. The Hall–Kier alpha value is -3.14. The van der Waals surface area contributed by atoms with Gasteiger partial charge in [0.2, 0.25) is 0 Å². The van der Waals surface area contributed by atoms with Gasteiger partial charge in [-0.25, -0.2) is 4.98 Å². The fraction of sp³-hybridized carbons (Fsp3) is 0.211. The van der Waals surface area contributed by atoms with Crippen LogP contribution in [0.2, 0.25) is 0 Å². The lowest BCUT2D eigenvalue weighted by atomic mass is 10.2. The minimum Gasteiger partial charge on any atom is -0.350 e. The number of thiophene rings is 1. The fourth-order valence-electron chi connectivity index (χ4n) is 3.58. The van der Waals surface area contributed by atoms with Gasteiger partial charge >= 0.3 is 6.18 Å². The Kier molecular flexibility index (Phi) is 3.82. The normalized spacial score (nSPS) is 14.3. The van der Waals surface area contributed by atoms with E-state index in [1.165, 1.54) is 23.1 Å². The number of amides is 1. The van der Waals surface area contributed by atoms with Crippen LogP contribution in [0.4, 0.5) is 13.2 Å². The smallest absolute Gasteiger partial charge is 0.350 e. The summed E-state index contributed by atoms with van der Waals surface area (Å²) in [5.41, 5.74) is 1.52. The Balaban J connectivity index is 1.63. The molecule has 0 bridgehead atoms. The summed E-state index contributed by atoms with van der Waals surface area (Å²) in [6.07, 6.45) is -4.49. The molecule has 0 spiro atoms. The van der Waals surface area contributed by atoms with Crippen LogP contribution in [0.15, 0.2) is 36.4 Å². The number of aryl methyl sites for hydroxylation is 1. The molecule has 0 atom stereocenters. The van der Waals surface area contributed by atoms with Gasteiger partial charge in [0.1, 0.15) is 0 Å². The number of hydrogen-bond acceptors (Lipinski definition) is 4. The van der Waals surface area contributed by atoms with Crippen molar-refractivity contribution in [3.63, 3.8) is 0 Å². The molecule has 4 heterocycles. The first-order valence-electron chi connectivity index (χ1n) is 8.82. The number of alkyl halides is 3. The number of benzene rings is 1. The molecule has 1 N–H and O–H groups in total. The van der Waals surface area contributed by atoms with E-state index < -0.39 is 11.9 Å². The van der Waals surface area contributed by atoms with E-state index in [2.05, 4.69) is 10.4 Å². The molecule has 29 heavy (non-hydrogen) atoms. The van der Waals surface area contributed by atoms with E-state index >= 15 is 0 Å². The number of halogens is 3. The fourth-order valence-corrected chi connectivity index (χ4v) is 4.63. The summed E-state index contributed by atoms with van der Waals surface area (Å²) < 4.78 is 42.2. The van der Waals surface area contributed by atoms with Gasteiger partial charge in [0.25, 0.3) is 5.91 Å². The van der Waals surface area contributed by atoms with Crippen molar-refractivity contribution in [1.29, 1.82) is 0 Å². The maximum Gasteiger partial charge on any atom is 0.435 e. The van der Waals surface area contributed by atoms with Crippen LogP contribution in [0.1, 0.15) is 16.1 Å². The average Bonchev–Trinajstić information content (AvgIpc) is 3.34. The lowest BCUT2D eigenvalue weighted by Gasteiger charge is -2.05. The molecule has 0 fully saturated rings. The van der Waals surface area contributed by atoms with Crippen LogP contribution in [0.25, 0.3) is 32.3 Å². The number of rotatable bonds is 2. The first-order valence-corrected chi connectivity index (χ1v) is 9.64. The number of carbonyl (C=O) groups is 1. The monoisotopic (exact) mass is 417 g/mol. The second-order valence-electron chi connectivity index (χ2n) is 6.72. The summed E-state index contributed by atoms with van der Waals surface area (Å²) in [7, 11) is 1.49. The van der Waals surface area contributed by atoms with Crippen molar-refractivity contribution in [1.82, 2.24) is 24.6 Å². The standard InChI is InChI=1S/C19H14F3N5OS/c1-26-12(9-15(25-26)19(20,21)22)13-5-6-14(29-13)17-24-11-4-2-3-10-16(11)27(17)8-7-23-18(10)28/h2-6,9H,7-8H2,1H3,(H,23,28). The highest BCUT2D eigenvalue weighted by atomic mass is 32.1. The maximum atomic E-state index is 13.0. The third-order valence-corrected chi connectivity index (χ3v) is 5.99. The summed E-state index contributed by atoms with van der Waals surface area (Å²) in [6, 6.07) is 10.1. The summed E-state index contributed by atoms with van der Waals surface area (Å²) in [4.78, 5) is 18.5. The molecule has 0 unspecified atom stereocenters. The van der Waals surface area contributed by atoms with Crippen molar-refractivity contribution in [3.8, 4) is 21.3 Å². The van der Waals surface area contributed by atoms with Crippen molar-refractivity contribution in [2.24, 2.45) is 7.05 Å². The van der Waals surface area contributed by atoms with Gasteiger partial charge in [-0.15, -0.1) is 11.3 Å². The Morgan fingerprint density at radius 3 is 2.72 bits per heavy atom. The van der Waals surface area contributed by atoms with Crippen molar-refractivity contribution in [2.75, 3.05) is 6.54 Å². The van der Waals surface area contributed by atoms with Gasteiger partial charge in [-0.1, -0.05) is 6.07 Å². The van der Waals surface area contributed by atoms with Gasteiger partial charge in [0, 0.05) is 20.1 Å². The molecule has 1 aliphatic heterocycles. The Morgan fingerprint density at radius 1 is 1.17 bits per heavy atom. The number of imidazole rings is 1. The van der Waals surface area contributed by atoms with Crippen LogP contribution in [-0.4, -0.2) is 31.8 Å². The zero-order chi connectivity index (χ0) is 20.3. The zero-order valence-corrected chi connectivity index (χ0v) is 15.9. The molecule has 1 amide bonds. The lowest BCUT2D eigenvalue weighted by molar-refractivity contribution is -0.141. The Morgan fingerprint density at radius 2 is 1.97 bits per heavy atom. The molecule has 1 aliphatic rings. The molecule has 0 aliphatic carbocycles. The molecular weight excluding hydrogens is 403 g/mol. The Bertz CT molecular complexity index is 1270. The Labute approximate surface area is 166 Å². The number of para-hydroxylation sites is 1. The number of carbonyl (C=O) groups excluding carboxylic acids is 1. The molecule has 148 valence electrons. The number of nitrogens with one attached hydrogen (secondary N) is 1. The summed E-state index contributed by atoms with van der Waals surface area (Å²) in [6.45, 7) is 1.03. The van der Waals surface area contributed by atoms with Crippen molar-refractivity contribution in [2.45, 2.75) is 12.7 Å². The molecule has 5 rings (SSSR count). The third kappa shape index (κ3) is 2.82. The van der Waals surface area contributed by atoms with Crippen molar-refractivity contribution >= 4 is 28.3 Å². The number of nitrogens with zero attached hydrogens (tertiary/aromatic N) is 4. The van der Waals surface area contributed by atoms with Gasteiger partial charge < -0.3 is 9.88 Å². The molecule has 1 aromatic carbocycles. The van der Waals surface area contributed by atoms with Crippen LogP contribution < -0.4 is 5.32 Å². The van der Waals surface area contributed by atoms with Gasteiger partial charge in [0.15, 0.2) is 11.5 Å². The summed E-state index contributed by atoms with van der Waals surface area (Å²) in [5.74, 6) is 0.556. The molecule has 10 heteroatoms. The van der Waals surface area contributed by atoms with Gasteiger partial charge in [-0.2, -0.15) is 18.3 Å². The van der Waals surface area contributed by atoms with E-state index in [1.54, 1.807) is 18.2 Å². The first-order chi connectivity index (χ1) is 13.8. The van der Waals surface area contributed by atoms with Gasteiger partial charge in [0.05, 0.1) is 32.0 Å². The van der Waals surface area contributed by atoms with Gasteiger partial charge in [-0.05, 0) is 30.3 Å². The van der Waals surface area contributed by atoms with E-state index in [0.29, 0.717) is 40.6 Å². The van der Waals surface area contributed by atoms with Crippen LogP contribution in [0, 0.1) is 0 Å². The van der Waals surface area contributed by atoms with Gasteiger partial charge in [-0.3, -0.25) is 9.48 Å². The molecular formula is C19H14F3N5OS. The predicted octanol–water partition coefficient (Wildman–Crippen LogP) is 3.93. The van der Waals surface area contributed by atoms with E-state index in [1.807, 2.05) is 16.7 Å². The highest BCUT2D eigenvalue weighted by Gasteiger charge is 2.35. The molecule has 0 saturated heterocycles. The molecule has 3 aromatic heterocycles. The quantitative estimate of drug-likeness (QED) is 0.538. The summed E-state index contributed by atoms with van der Waals surface area (Å²) in [5, 5.41) is 6.45. The largest absolute Gasteiger partial charge is 0.435 e. The van der Waals surface area contributed by atoms with Crippen molar-refractivity contribution < 1.29 is 18.0 Å². The number of aromatic nitrogens is 4. The number of hydrogen-bond donors (Lipinski definition) is 1. The van der Waals surface area contributed by atoms with Crippen LogP contribution >= 0.6 is 11.3 Å². The van der Waals surface area contributed by atoms with Crippen LogP contribution in [0.5, 0.6) is 0 Å². The highest BCUT2D eigenvalue weighted by molar-refractivity contribution is 7.18. The van der Waals surface area contributed by atoms with E-state index in [0.717, 1.165) is 16.5 Å². The topological polar surface area (TPSA) is 64.7 Å². The SMILES string of the molecule is Cn1nc(C(F)(F)F)cc1-c1ccc(-c2nc3cccc4c3n2CCNC4=O)s1. The maximum absolute atomic E-state index is 13.0. The second kappa shape index (κ2) is 6.18. The van der Waals surface area contributed by atoms with E-state index in [-0.39, 0.29) is 5.91 Å². The molecule has 0 radical (unpaired) electrons.